The van der Waals surface area contributed by atoms with Gasteiger partial charge in [-0.1, -0.05) is 17.7 Å². The number of hydrogen-bond acceptors (Lipinski definition) is 5. The molecule has 2 aromatic carbocycles. The number of carbonyl (C=O) groups is 2. The number of halogens is 1. The Balaban J connectivity index is 1.73. The lowest BCUT2D eigenvalue weighted by atomic mass is 10.2. The van der Waals surface area contributed by atoms with Crippen molar-refractivity contribution in [1.29, 1.82) is 0 Å². The Morgan fingerprint density at radius 1 is 1.07 bits per heavy atom. The van der Waals surface area contributed by atoms with Gasteiger partial charge in [-0.2, -0.15) is 0 Å². The van der Waals surface area contributed by atoms with Gasteiger partial charge in [0.05, 0.1) is 15.5 Å². The van der Waals surface area contributed by atoms with E-state index in [-0.39, 0.29) is 21.4 Å². The zero-order valence-electron chi connectivity index (χ0n) is 15.1. The Labute approximate surface area is 168 Å². The molecule has 0 radical (unpaired) electrons. The fraction of sp³-hybridized carbons (Fsp3) is 0.263. The van der Waals surface area contributed by atoms with E-state index in [4.69, 9.17) is 16.3 Å². The molecule has 0 aliphatic carbocycles. The van der Waals surface area contributed by atoms with E-state index in [1.807, 2.05) is 0 Å². The molecule has 148 valence electrons. The van der Waals surface area contributed by atoms with E-state index in [2.05, 4.69) is 10.6 Å². The lowest BCUT2D eigenvalue weighted by molar-refractivity contribution is -0.124. The first kappa shape index (κ1) is 20.3. The number of hydrogen-bond donors (Lipinski definition) is 2. The molecule has 2 aromatic rings. The Morgan fingerprint density at radius 2 is 1.71 bits per heavy atom. The van der Waals surface area contributed by atoms with E-state index in [0.717, 1.165) is 12.7 Å². The number of rotatable bonds is 5. The topological polar surface area (TPSA) is 102 Å². The van der Waals surface area contributed by atoms with Crippen molar-refractivity contribution in [3.05, 3.63) is 53.1 Å². The molecule has 9 heteroatoms. The number of ether oxygens (including phenoxy) is 1. The first-order valence-corrected chi connectivity index (χ1v) is 10.8. The Hall–Kier alpha value is -2.42. The molecule has 1 heterocycles. The molecule has 1 saturated heterocycles. The Bertz CT molecular complexity index is 999. The van der Waals surface area contributed by atoms with Gasteiger partial charge in [0.1, 0.15) is 6.10 Å². The average molecular weight is 423 g/mol. The highest BCUT2D eigenvalue weighted by Gasteiger charge is 2.24. The molecule has 0 spiro atoms. The third-order valence-electron chi connectivity index (χ3n) is 4.23. The number of sulfone groups is 1. The van der Waals surface area contributed by atoms with Gasteiger partial charge in [-0.05, 0) is 49.2 Å². The summed E-state index contributed by atoms with van der Waals surface area (Å²) in [6.45, 7) is 0.584. The van der Waals surface area contributed by atoms with Gasteiger partial charge >= 0.3 is 0 Å². The monoisotopic (exact) mass is 422 g/mol. The molecule has 1 atom stereocenters. The van der Waals surface area contributed by atoms with Crippen molar-refractivity contribution in [1.82, 2.24) is 0 Å². The maximum atomic E-state index is 12.6. The lowest BCUT2D eigenvalue weighted by Crippen LogP contribution is -2.26. The second kappa shape index (κ2) is 8.30. The molecule has 0 aromatic heterocycles. The van der Waals surface area contributed by atoms with Crippen molar-refractivity contribution in [3.63, 3.8) is 0 Å². The van der Waals surface area contributed by atoms with Crippen LogP contribution < -0.4 is 10.6 Å². The minimum absolute atomic E-state index is 0.0425. The molecule has 2 N–H and O–H groups in total. The van der Waals surface area contributed by atoms with E-state index in [0.29, 0.717) is 24.4 Å². The second-order valence-corrected chi connectivity index (χ2v) is 8.80. The molecule has 0 saturated carbocycles. The highest BCUT2D eigenvalue weighted by Crippen LogP contribution is 2.25. The molecule has 7 nitrogen and oxygen atoms in total. The van der Waals surface area contributed by atoms with Crippen LogP contribution in [-0.2, 0) is 19.4 Å². The van der Waals surface area contributed by atoms with E-state index < -0.39 is 21.8 Å². The van der Waals surface area contributed by atoms with Crippen LogP contribution >= 0.6 is 11.6 Å². The van der Waals surface area contributed by atoms with Gasteiger partial charge in [-0.3, -0.25) is 9.59 Å². The summed E-state index contributed by atoms with van der Waals surface area (Å²) in [7, 11) is -3.63. The zero-order valence-corrected chi connectivity index (χ0v) is 16.6. The molecule has 3 rings (SSSR count). The first-order valence-electron chi connectivity index (χ1n) is 8.58. The molecule has 2 amide bonds. The van der Waals surface area contributed by atoms with Gasteiger partial charge in [-0.15, -0.1) is 0 Å². The number of carbonyl (C=O) groups excluding carboxylic acids is 2. The van der Waals surface area contributed by atoms with Crippen LogP contribution in [0.2, 0.25) is 5.02 Å². The van der Waals surface area contributed by atoms with E-state index in [1.54, 1.807) is 24.3 Å². The summed E-state index contributed by atoms with van der Waals surface area (Å²) in [4.78, 5) is 24.5. The summed E-state index contributed by atoms with van der Waals surface area (Å²) < 4.78 is 29.2. The van der Waals surface area contributed by atoms with Crippen LogP contribution in [0.1, 0.15) is 23.2 Å². The summed E-state index contributed by atoms with van der Waals surface area (Å²) >= 11 is 6.06. The average Bonchev–Trinajstić information content (AvgIpc) is 3.17. The van der Waals surface area contributed by atoms with Crippen LogP contribution in [0, 0.1) is 0 Å². The number of benzene rings is 2. The highest BCUT2D eigenvalue weighted by molar-refractivity contribution is 7.90. The summed E-state index contributed by atoms with van der Waals surface area (Å²) in [5.41, 5.74) is 0.884. The lowest BCUT2D eigenvalue weighted by Gasteiger charge is -2.12. The fourth-order valence-electron chi connectivity index (χ4n) is 2.87. The van der Waals surface area contributed by atoms with Gasteiger partial charge in [0.2, 0.25) is 0 Å². The Morgan fingerprint density at radius 3 is 2.29 bits per heavy atom. The van der Waals surface area contributed by atoms with E-state index in [1.165, 1.54) is 18.2 Å². The smallest absolute Gasteiger partial charge is 0.258 e. The van der Waals surface area contributed by atoms with Crippen LogP contribution in [0.5, 0.6) is 0 Å². The predicted molar refractivity (Wildman–Crippen MR) is 107 cm³/mol. The molecular formula is C19H19ClN2O5S. The van der Waals surface area contributed by atoms with Crippen LogP contribution in [0.25, 0.3) is 0 Å². The van der Waals surface area contributed by atoms with E-state index in [9.17, 15) is 18.0 Å². The van der Waals surface area contributed by atoms with Crippen LogP contribution in [0.3, 0.4) is 0 Å². The van der Waals surface area contributed by atoms with Crippen LogP contribution in [0.15, 0.2) is 47.4 Å². The quantitative estimate of drug-likeness (QED) is 0.770. The molecule has 0 bridgehead atoms. The van der Waals surface area contributed by atoms with Crippen molar-refractivity contribution in [2.75, 3.05) is 23.5 Å². The summed E-state index contributed by atoms with van der Waals surface area (Å²) in [5, 5.41) is 5.42. The van der Waals surface area contributed by atoms with E-state index >= 15 is 0 Å². The number of anilines is 2. The summed E-state index contributed by atoms with van der Waals surface area (Å²) in [5.74, 6) is -0.842. The minimum Gasteiger partial charge on any atom is -0.368 e. The van der Waals surface area contributed by atoms with Gasteiger partial charge in [0.25, 0.3) is 11.8 Å². The third kappa shape index (κ3) is 4.70. The van der Waals surface area contributed by atoms with Crippen molar-refractivity contribution in [2.45, 2.75) is 23.8 Å². The SMILES string of the molecule is CS(=O)(=O)c1cccc(Cl)c1C(=O)Nc1ccc(NC(=O)[C@@H]2CCCO2)cc1. The van der Waals surface area contributed by atoms with Crippen molar-refractivity contribution < 1.29 is 22.7 Å². The number of amides is 2. The molecule has 1 aliphatic rings. The van der Waals surface area contributed by atoms with Crippen molar-refractivity contribution in [3.8, 4) is 0 Å². The third-order valence-corrected chi connectivity index (χ3v) is 5.69. The molecule has 1 aliphatic heterocycles. The van der Waals surface area contributed by atoms with Crippen LogP contribution in [-0.4, -0.2) is 39.2 Å². The second-order valence-electron chi connectivity index (χ2n) is 6.41. The van der Waals surface area contributed by atoms with Gasteiger partial charge in [-0.25, -0.2) is 8.42 Å². The standard InChI is InChI=1S/C19H19ClN2O5S/c1-28(25,26)16-6-2-4-14(20)17(16)19(24)22-13-9-7-12(8-10-13)21-18(23)15-5-3-11-27-15/h2,4,6-10,15H,3,5,11H2,1H3,(H,21,23)(H,22,24)/t15-/m0/s1. The fourth-order valence-corrected chi connectivity index (χ4v) is 4.09. The first-order chi connectivity index (χ1) is 13.3. The molecular weight excluding hydrogens is 404 g/mol. The maximum Gasteiger partial charge on any atom is 0.258 e. The van der Waals surface area contributed by atoms with Crippen molar-refractivity contribution in [2.24, 2.45) is 0 Å². The predicted octanol–water partition coefficient (Wildman–Crippen LogP) is 3.11. The van der Waals surface area contributed by atoms with Crippen molar-refractivity contribution >= 4 is 44.6 Å². The van der Waals surface area contributed by atoms with Gasteiger partial charge < -0.3 is 15.4 Å². The summed E-state index contributed by atoms with van der Waals surface area (Å²) in [6, 6.07) is 10.7. The molecule has 1 fully saturated rings. The van der Waals surface area contributed by atoms with Crippen LogP contribution in [0.4, 0.5) is 11.4 Å². The molecule has 0 unspecified atom stereocenters. The van der Waals surface area contributed by atoms with Gasteiger partial charge in [0.15, 0.2) is 9.84 Å². The summed E-state index contributed by atoms with van der Waals surface area (Å²) in [6.07, 6.45) is 2.14. The largest absolute Gasteiger partial charge is 0.368 e. The molecule has 28 heavy (non-hydrogen) atoms. The maximum absolute atomic E-state index is 12.6. The minimum atomic E-state index is -3.63. The highest BCUT2D eigenvalue weighted by atomic mass is 35.5. The van der Waals surface area contributed by atoms with Gasteiger partial charge in [0, 0.05) is 24.2 Å². The number of nitrogens with one attached hydrogen (secondary N) is 2. The zero-order chi connectivity index (χ0) is 20.3. The normalized spacial score (nSPS) is 16.6. The Kier molecular flexibility index (Phi) is 6.02.